The number of nitrogens with one attached hydrogen (secondary N) is 1. The van der Waals surface area contributed by atoms with Crippen molar-refractivity contribution in [2.24, 2.45) is 0 Å². The predicted molar refractivity (Wildman–Crippen MR) is 70.8 cm³/mol. The van der Waals surface area contributed by atoms with Crippen LogP contribution in [0.25, 0.3) is 0 Å². The number of halogens is 1. The van der Waals surface area contributed by atoms with Crippen molar-refractivity contribution < 1.29 is 4.74 Å². The summed E-state index contributed by atoms with van der Waals surface area (Å²) >= 11 is 8.01. The van der Waals surface area contributed by atoms with Gasteiger partial charge in [-0.2, -0.15) is 11.8 Å². The first-order valence-corrected chi connectivity index (χ1v) is 6.96. The van der Waals surface area contributed by atoms with Crippen LogP contribution in [0.5, 0.6) is 5.75 Å². The van der Waals surface area contributed by atoms with Crippen LogP contribution in [-0.2, 0) is 6.42 Å². The Labute approximate surface area is 106 Å². The van der Waals surface area contributed by atoms with E-state index in [-0.39, 0.29) is 0 Å². The van der Waals surface area contributed by atoms with Crippen LogP contribution >= 0.6 is 23.4 Å². The summed E-state index contributed by atoms with van der Waals surface area (Å²) in [6.45, 7) is 1.10. The third-order valence-electron chi connectivity index (χ3n) is 2.71. The Morgan fingerprint density at radius 2 is 2.44 bits per heavy atom. The number of benzene rings is 1. The largest absolute Gasteiger partial charge is 0.496 e. The molecule has 2 rings (SSSR count). The third-order valence-corrected chi connectivity index (χ3v) is 4.07. The zero-order chi connectivity index (χ0) is 11.4. The second-order valence-corrected chi connectivity index (χ2v) is 5.47. The van der Waals surface area contributed by atoms with Gasteiger partial charge in [-0.05, 0) is 30.2 Å². The molecule has 0 saturated carbocycles. The van der Waals surface area contributed by atoms with Gasteiger partial charge in [0.25, 0.3) is 0 Å². The van der Waals surface area contributed by atoms with E-state index in [0.717, 1.165) is 29.5 Å². The predicted octanol–water partition coefficient (Wildman–Crippen LogP) is 2.60. The molecule has 1 fully saturated rings. The van der Waals surface area contributed by atoms with E-state index >= 15 is 0 Å². The number of hydrogen-bond donors (Lipinski definition) is 1. The molecule has 1 atom stereocenters. The van der Waals surface area contributed by atoms with E-state index in [2.05, 4.69) is 5.32 Å². The van der Waals surface area contributed by atoms with Gasteiger partial charge in [0.1, 0.15) is 5.75 Å². The molecule has 0 radical (unpaired) electrons. The van der Waals surface area contributed by atoms with Gasteiger partial charge in [0.15, 0.2) is 0 Å². The van der Waals surface area contributed by atoms with E-state index < -0.39 is 0 Å². The molecule has 2 nitrogen and oxygen atoms in total. The van der Waals surface area contributed by atoms with Crippen molar-refractivity contribution in [3.8, 4) is 5.75 Å². The zero-order valence-corrected chi connectivity index (χ0v) is 10.9. The maximum Gasteiger partial charge on any atom is 0.122 e. The second-order valence-electron chi connectivity index (χ2n) is 3.89. The lowest BCUT2D eigenvalue weighted by molar-refractivity contribution is 0.406. The third kappa shape index (κ3) is 3.06. The van der Waals surface area contributed by atoms with Gasteiger partial charge in [-0.15, -0.1) is 0 Å². The highest BCUT2D eigenvalue weighted by molar-refractivity contribution is 7.99. The van der Waals surface area contributed by atoms with Crippen LogP contribution < -0.4 is 10.1 Å². The first-order chi connectivity index (χ1) is 7.79. The highest BCUT2D eigenvalue weighted by atomic mass is 35.5. The number of methoxy groups -OCH3 is 1. The normalized spacial score (nSPS) is 20.8. The Hall–Kier alpha value is -0.380. The van der Waals surface area contributed by atoms with Crippen molar-refractivity contribution in [3.63, 3.8) is 0 Å². The molecule has 0 bridgehead atoms. The van der Waals surface area contributed by atoms with Gasteiger partial charge in [-0.3, -0.25) is 0 Å². The van der Waals surface area contributed by atoms with Gasteiger partial charge < -0.3 is 10.1 Å². The fourth-order valence-electron chi connectivity index (χ4n) is 1.92. The molecule has 1 saturated heterocycles. The molecule has 1 aliphatic rings. The minimum Gasteiger partial charge on any atom is -0.496 e. The van der Waals surface area contributed by atoms with Gasteiger partial charge in [0.2, 0.25) is 0 Å². The van der Waals surface area contributed by atoms with Crippen LogP contribution in [0.3, 0.4) is 0 Å². The van der Waals surface area contributed by atoms with Gasteiger partial charge >= 0.3 is 0 Å². The van der Waals surface area contributed by atoms with E-state index in [1.165, 1.54) is 11.3 Å². The SMILES string of the molecule is COc1ccc(Cl)cc1CC1CSCCN1. The molecule has 4 heteroatoms. The average Bonchev–Trinajstić information content (AvgIpc) is 2.31. The van der Waals surface area contributed by atoms with Crippen molar-refractivity contribution in [2.45, 2.75) is 12.5 Å². The average molecular weight is 258 g/mol. The van der Waals surface area contributed by atoms with Crippen LogP contribution in [0.15, 0.2) is 18.2 Å². The fourth-order valence-corrected chi connectivity index (χ4v) is 3.07. The monoisotopic (exact) mass is 257 g/mol. The fraction of sp³-hybridized carbons (Fsp3) is 0.500. The number of thioether (sulfide) groups is 1. The van der Waals surface area contributed by atoms with Gasteiger partial charge in [0, 0.05) is 29.1 Å². The lowest BCUT2D eigenvalue weighted by Crippen LogP contribution is -2.38. The summed E-state index contributed by atoms with van der Waals surface area (Å²) in [5, 5.41) is 4.30. The maximum absolute atomic E-state index is 6.01. The van der Waals surface area contributed by atoms with E-state index in [0.29, 0.717) is 6.04 Å². The first-order valence-electron chi connectivity index (χ1n) is 5.43. The number of ether oxygens (including phenoxy) is 1. The highest BCUT2D eigenvalue weighted by Gasteiger charge is 2.15. The summed E-state index contributed by atoms with van der Waals surface area (Å²) in [6.07, 6.45) is 0.983. The molecule has 0 amide bonds. The molecule has 0 spiro atoms. The number of hydrogen-bond acceptors (Lipinski definition) is 3. The van der Waals surface area contributed by atoms with E-state index in [9.17, 15) is 0 Å². The topological polar surface area (TPSA) is 21.3 Å². The maximum atomic E-state index is 6.01. The van der Waals surface area contributed by atoms with E-state index in [1.807, 2.05) is 30.0 Å². The summed E-state index contributed by atoms with van der Waals surface area (Å²) in [7, 11) is 1.70. The molecule has 0 aromatic heterocycles. The standard InChI is InChI=1S/C12H16ClNOS/c1-15-12-3-2-10(13)6-9(12)7-11-8-16-5-4-14-11/h2-3,6,11,14H,4-5,7-8H2,1H3. The Morgan fingerprint density at radius 1 is 1.56 bits per heavy atom. The van der Waals surface area contributed by atoms with Crippen LogP contribution in [0.2, 0.25) is 5.02 Å². The lowest BCUT2D eigenvalue weighted by Gasteiger charge is -2.23. The molecule has 1 aromatic carbocycles. The molecule has 88 valence electrons. The van der Waals surface area contributed by atoms with Crippen molar-refractivity contribution in [1.29, 1.82) is 0 Å². The molecule has 1 aromatic rings. The van der Waals surface area contributed by atoms with Crippen LogP contribution in [0.4, 0.5) is 0 Å². The van der Waals surface area contributed by atoms with Crippen molar-refractivity contribution in [3.05, 3.63) is 28.8 Å². The lowest BCUT2D eigenvalue weighted by atomic mass is 10.1. The molecule has 16 heavy (non-hydrogen) atoms. The zero-order valence-electron chi connectivity index (χ0n) is 9.33. The van der Waals surface area contributed by atoms with Crippen molar-refractivity contribution >= 4 is 23.4 Å². The molecule has 1 unspecified atom stereocenters. The molecule has 1 N–H and O–H groups in total. The second kappa shape index (κ2) is 5.80. The summed E-state index contributed by atoms with van der Waals surface area (Å²) in [5.74, 6) is 3.31. The number of rotatable bonds is 3. The van der Waals surface area contributed by atoms with E-state index in [4.69, 9.17) is 16.3 Å². The smallest absolute Gasteiger partial charge is 0.122 e. The first kappa shape index (κ1) is 12.1. The summed E-state index contributed by atoms with van der Waals surface area (Å²) in [5.41, 5.74) is 1.19. The van der Waals surface area contributed by atoms with Gasteiger partial charge in [0.05, 0.1) is 7.11 Å². The Bertz CT molecular complexity index is 353. The quantitative estimate of drug-likeness (QED) is 0.900. The minimum absolute atomic E-state index is 0.533. The summed E-state index contributed by atoms with van der Waals surface area (Å²) < 4.78 is 5.35. The molecular weight excluding hydrogens is 242 g/mol. The summed E-state index contributed by atoms with van der Waals surface area (Å²) in [4.78, 5) is 0. The van der Waals surface area contributed by atoms with Crippen LogP contribution in [-0.4, -0.2) is 31.2 Å². The van der Waals surface area contributed by atoms with Gasteiger partial charge in [-0.1, -0.05) is 11.6 Å². The minimum atomic E-state index is 0.533. The van der Waals surface area contributed by atoms with Crippen LogP contribution in [0.1, 0.15) is 5.56 Å². The van der Waals surface area contributed by atoms with Gasteiger partial charge in [-0.25, -0.2) is 0 Å². The van der Waals surface area contributed by atoms with Crippen LogP contribution in [0, 0.1) is 0 Å². The Kier molecular flexibility index (Phi) is 4.38. The molecule has 1 heterocycles. The Morgan fingerprint density at radius 3 is 3.12 bits per heavy atom. The molecule has 1 aliphatic heterocycles. The Balaban J connectivity index is 2.09. The summed E-state index contributed by atoms with van der Waals surface area (Å²) in [6, 6.07) is 6.34. The molecular formula is C12H16ClNOS. The van der Waals surface area contributed by atoms with Crippen molar-refractivity contribution in [1.82, 2.24) is 5.32 Å². The highest BCUT2D eigenvalue weighted by Crippen LogP contribution is 2.25. The molecule has 0 aliphatic carbocycles. The van der Waals surface area contributed by atoms with Crippen molar-refractivity contribution in [2.75, 3.05) is 25.2 Å². The van der Waals surface area contributed by atoms with E-state index in [1.54, 1.807) is 7.11 Å².